The molecular weight excluding hydrogens is 385 g/mol. The van der Waals surface area contributed by atoms with Crippen LogP contribution < -0.4 is 0 Å². The topological polar surface area (TPSA) is 53.1 Å². The maximum atomic E-state index is 13.9. The Labute approximate surface area is 179 Å². The standard InChI is InChI=1S/C23H34FN3O3/c1-18(27-11-5-8-22(27)28)23(29)26(14-15-30-2)16-19-9-12-25(13-10-19)17-20-6-3-4-7-21(20)24/h3-4,6-7,18-19H,5,8-17H2,1-2H3/t18-/m0/s1. The number of carbonyl (C=O) groups excluding carboxylic acids is 2. The van der Waals surface area contributed by atoms with Gasteiger partial charge in [-0.15, -0.1) is 0 Å². The van der Waals surface area contributed by atoms with Crippen LogP contribution in [0.15, 0.2) is 24.3 Å². The van der Waals surface area contributed by atoms with Crippen molar-refractivity contribution >= 4 is 11.8 Å². The van der Waals surface area contributed by atoms with E-state index in [4.69, 9.17) is 4.74 Å². The summed E-state index contributed by atoms with van der Waals surface area (Å²) >= 11 is 0. The Morgan fingerprint density at radius 3 is 2.63 bits per heavy atom. The van der Waals surface area contributed by atoms with Gasteiger partial charge >= 0.3 is 0 Å². The highest BCUT2D eigenvalue weighted by atomic mass is 19.1. The maximum absolute atomic E-state index is 13.9. The number of nitrogens with zero attached hydrogens (tertiary/aromatic N) is 3. The van der Waals surface area contributed by atoms with E-state index in [1.165, 1.54) is 6.07 Å². The van der Waals surface area contributed by atoms with Crippen molar-refractivity contribution in [2.75, 3.05) is 46.4 Å². The van der Waals surface area contributed by atoms with Gasteiger partial charge < -0.3 is 14.5 Å². The molecule has 2 aliphatic heterocycles. The minimum atomic E-state index is -0.419. The van der Waals surface area contributed by atoms with E-state index in [0.29, 0.717) is 45.1 Å². The van der Waals surface area contributed by atoms with Gasteiger partial charge in [0.1, 0.15) is 11.9 Å². The van der Waals surface area contributed by atoms with Crippen molar-refractivity contribution in [3.8, 4) is 0 Å². The molecule has 0 unspecified atom stereocenters. The predicted octanol–water partition coefficient (Wildman–Crippen LogP) is 2.52. The number of halogens is 1. The summed E-state index contributed by atoms with van der Waals surface area (Å²) in [4.78, 5) is 31.0. The summed E-state index contributed by atoms with van der Waals surface area (Å²) in [6, 6.07) is 6.52. The zero-order chi connectivity index (χ0) is 21.5. The molecule has 3 rings (SSSR count). The Bertz CT molecular complexity index is 721. The highest BCUT2D eigenvalue weighted by Gasteiger charge is 2.33. The highest BCUT2D eigenvalue weighted by molar-refractivity contribution is 5.88. The van der Waals surface area contributed by atoms with Gasteiger partial charge in [0.15, 0.2) is 0 Å². The van der Waals surface area contributed by atoms with E-state index in [1.807, 2.05) is 24.0 Å². The average molecular weight is 420 g/mol. The lowest BCUT2D eigenvalue weighted by Crippen LogP contribution is -2.50. The lowest BCUT2D eigenvalue weighted by molar-refractivity contribution is -0.143. The molecule has 2 heterocycles. The van der Waals surface area contributed by atoms with Gasteiger partial charge in [0, 0.05) is 45.3 Å². The van der Waals surface area contributed by atoms with Gasteiger partial charge in [-0.2, -0.15) is 0 Å². The Kier molecular flexibility index (Phi) is 8.22. The fourth-order valence-corrected chi connectivity index (χ4v) is 4.48. The summed E-state index contributed by atoms with van der Waals surface area (Å²) in [5, 5.41) is 0. The Balaban J connectivity index is 1.53. The summed E-state index contributed by atoms with van der Waals surface area (Å²) in [6.07, 6.45) is 3.32. The molecule has 2 amide bonds. The van der Waals surface area contributed by atoms with E-state index in [-0.39, 0.29) is 17.6 Å². The number of rotatable bonds is 9. The van der Waals surface area contributed by atoms with Crippen LogP contribution >= 0.6 is 0 Å². The Morgan fingerprint density at radius 1 is 1.27 bits per heavy atom. The number of hydrogen-bond acceptors (Lipinski definition) is 4. The van der Waals surface area contributed by atoms with E-state index >= 15 is 0 Å². The van der Waals surface area contributed by atoms with Crippen LogP contribution in [-0.2, 0) is 20.9 Å². The molecule has 1 atom stereocenters. The van der Waals surface area contributed by atoms with Gasteiger partial charge in [0.2, 0.25) is 11.8 Å². The normalized spacial score (nSPS) is 19.3. The van der Waals surface area contributed by atoms with E-state index in [1.54, 1.807) is 18.1 Å². The van der Waals surface area contributed by atoms with Gasteiger partial charge in [-0.1, -0.05) is 18.2 Å². The zero-order valence-electron chi connectivity index (χ0n) is 18.2. The molecule has 0 aliphatic carbocycles. The molecule has 0 spiro atoms. The van der Waals surface area contributed by atoms with Crippen LogP contribution in [-0.4, -0.2) is 79.0 Å². The van der Waals surface area contributed by atoms with E-state index < -0.39 is 6.04 Å². The number of benzene rings is 1. The van der Waals surface area contributed by atoms with Crippen LogP contribution in [0.1, 0.15) is 38.2 Å². The lowest BCUT2D eigenvalue weighted by atomic mass is 9.95. The number of likely N-dealkylation sites (tertiary alicyclic amines) is 2. The minimum absolute atomic E-state index is 0.0103. The summed E-state index contributed by atoms with van der Waals surface area (Å²) in [7, 11) is 1.64. The van der Waals surface area contributed by atoms with Crippen molar-refractivity contribution in [1.82, 2.24) is 14.7 Å². The first kappa shape index (κ1) is 22.7. The molecule has 166 valence electrons. The molecule has 1 aromatic rings. The first-order valence-electron chi connectivity index (χ1n) is 11.0. The molecule has 30 heavy (non-hydrogen) atoms. The lowest BCUT2D eigenvalue weighted by Gasteiger charge is -2.36. The third-order valence-electron chi connectivity index (χ3n) is 6.35. The van der Waals surface area contributed by atoms with Gasteiger partial charge in [-0.05, 0) is 51.3 Å². The van der Waals surface area contributed by atoms with Crippen LogP contribution in [0.3, 0.4) is 0 Å². The van der Waals surface area contributed by atoms with Gasteiger partial charge in [-0.3, -0.25) is 14.5 Å². The number of carbonyl (C=O) groups is 2. The number of piperidine rings is 1. The highest BCUT2D eigenvalue weighted by Crippen LogP contribution is 2.22. The first-order chi connectivity index (χ1) is 14.5. The van der Waals surface area contributed by atoms with E-state index in [9.17, 15) is 14.0 Å². The molecule has 7 heteroatoms. The smallest absolute Gasteiger partial charge is 0.245 e. The zero-order valence-corrected chi connectivity index (χ0v) is 18.2. The Hall–Kier alpha value is -1.99. The molecule has 0 bridgehead atoms. The quantitative estimate of drug-likeness (QED) is 0.617. The van der Waals surface area contributed by atoms with Gasteiger partial charge in [0.25, 0.3) is 0 Å². The largest absolute Gasteiger partial charge is 0.383 e. The summed E-state index contributed by atoms with van der Waals surface area (Å²) in [6.45, 7) is 6.62. The molecular formula is C23H34FN3O3. The number of hydrogen-bond donors (Lipinski definition) is 0. The van der Waals surface area contributed by atoms with Crippen molar-refractivity contribution in [3.05, 3.63) is 35.6 Å². The molecule has 0 saturated carbocycles. The molecule has 2 aliphatic rings. The Morgan fingerprint density at radius 2 is 2.00 bits per heavy atom. The van der Waals surface area contributed by atoms with Gasteiger partial charge in [-0.25, -0.2) is 4.39 Å². The monoisotopic (exact) mass is 419 g/mol. The third-order valence-corrected chi connectivity index (χ3v) is 6.35. The molecule has 0 radical (unpaired) electrons. The summed E-state index contributed by atoms with van der Waals surface area (Å²) in [5.74, 6) is 0.339. The van der Waals surface area contributed by atoms with E-state index in [2.05, 4.69) is 4.90 Å². The van der Waals surface area contributed by atoms with Crippen molar-refractivity contribution in [2.45, 2.75) is 45.2 Å². The molecule has 2 saturated heterocycles. The molecule has 0 N–H and O–H groups in total. The van der Waals surface area contributed by atoms with Crippen molar-refractivity contribution < 1.29 is 18.7 Å². The van der Waals surface area contributed by atoms with Crippen LogP contribution in [0.5, 0.6) is 0 Å². The van der Waals surface area contributed by atoms with Crippen LogP contribution in [0.2, 0.25) is 0 Å². The van der Waals surface area contributed by atoms with Crippen molar-refractivity contribution in [2.24, 2.45) is 5.92 Å². The molecule has 6 nitrogen and oxygen atoms in total. The molecule has 0 aromatic heterocycles. The van der Waals surface area contributed by atoms with E-state index in [0.717, 1.165) is 37.9 Å². The van der Waals surface area contributed by atoms with Crippen molar-refractivity contribution in [1.29, 1.82) is 0 Å². The van der Waals surface area contributed by atoms with Crippen molar-refractivity contribution in [3.63, 3.8) is 0 Å². The second kappa shape index (κ2) is 10.9. The molecule has 1 aromatic carbocycles. The predicted molar refractivity (Wildman–Crippen MR) is 113 cm³/mol. The SMILES string of the molecule is COCCN(CC1CCN(Cc2ccccc2F)CC1)C(=O)[C@H](C)N1CCCC1=O. The first-order valence-corrected chi connectivity index (χ1v) is 11.0. The maximum Gasteiger partial charge on any atom is 0.245 e. The second-order valence-corrected chi connectivity index (χ2v) is 8.45. The van der Waals surface area contributed by atoms with Crippen LogP contribution in [0, 0.1) is 11.7 Å². The fraction of sp³-hybridized carbons (Fsp3) is 0.652. The molecule has 2 fully saturated rings. The summed E-state index contributed by atoms with van der Waals surface area (Å²) in [5.41, 5.74) is 0.733. The van der Waals surface area contributed by atoms with Gasteiger partial charge in [0.05, 0.1) is 6.61 Å². The average Bonchev–Trinajstić information content (AvgIpc) is 3.18. The number of amides is 2. The van der Waals surface area contributed by atoms with Crippen LogP contribution in [0.4, 0.5) is 4.39 Å². The minimum Gasteiger partial charge on any atom is -0.383 e. The number of methoxy groups -OCH3 is 1. The summed E-state index contributed by atoms with van der Waals surface area (Å²) < 4.78 is 19.1. The second-order valence-electron chi connectivity index (χ2n) is 8.45. The van der Waals surface area contributed by atoms with Crippen LogP contribution in [0.25, 0.3) is 0 Å². The number of ether oxygens (including phenoxy) is 1. The fourth-order valence-electron chi connectivity index (χ4n) is 4.48. The third kappa shape index (κ3) is 5.79.